The highest BCUT2D eigenvalue weighted by Gasteiger charge is 2.19. The van der Waals surface area contributed by atoms with Gasteiger partial charge in [-0.2, -0.15) is 0 Å². The van der Waals surface area contributed by atoms with E-state index in [0.717, 1.165) is 16.3 Å². The fraction of sp³-hybridized carbons (Fsp3) is 0.412. The molecule has 7 heteroatoms. The predicted molar refractivity (Wildman–Crippen MR) is 109 cm³/mol. The summed E-state index contributed by atoms with van der Waals surface area (Å²) in [7, 11) is 1.73. The quantitative estimate of drug-likeness (QED) is 0.408. The smallest absolute Gasteiger partial charge is 0.213 e. The molecule has 2 N–H and O–H groups in total. The molecule has 0 saturated carbocycles. The van der Waals surface area contributed by atoms with Crippen LogP contribution in [0.5, 0.6) is 0 Å². The SMILES string of the molecule is CN=C(NCc1ccc(Cl)cc1)NCc1ncc(C(C)(C)C)o1.I. The second-order valence-corrected chi connectivity index (χ2v) is 6.71. The molecular formula is C17H24ClIN4O. The van der Waals surface area contributed by atoms with Gasteiger partial charge < -0.3 is 15.1 Å². The van der Waals surface area contributed by atoms with E-state index in [4.69, 9.17) is 16.0 Å². The molecule has 0 fully saturated rings. The highest BCUT2D eigenvalue weighted by Crippen LogP contribution is 2.22. The molecule has 0 bridgehead atoms. The summed E-state index contributed by atoms with van der Waals surface area (Å²) in [6, 6.07) is 7.70. The van der Waals surface area contributed by atoms with Crippen LogP contribution in [-0.2, 0) is 18.5 Å². The maximum absolute atomic E-state index is 5.88. The first-order chi connectivity index (χ1) is 10.9. The second-order valence-electron chi connectivity index (χ2n) is 6.27. The number of oxazole rings is 1. The number of halogens is 2. The summed E-state index contributed by atoms with van der Waals surface area (Å²) >= 11 is 5.88. The Morgan fingerprint density at radius 1 is 1.17 bits per heavy atom. The highest BCUT2D eigenvalue weighted by molar-refractivity contribution is 14.0. The summed E-state index contributed by atoms with van der Waals surface area (Å²) in [5.74, 6) is 2.21. The Morgan fingerprint density at radius 2 is 1.79 bits per heavy atom. The first kappa shape index (κ1) is 20.8. The molecule has 0 unspecified atom stereocenters. The fourth-order valence-corrected chi connectivity index (χ4v) is 2.03. The summed E-state index contributed by atoms with van der Waals surface area (Å²) in [5.41, 5.74) is 1.09. The van der Waals surface area contributed by atoms with E-state index in [9.17, 15) is 0 Å². The predicted octanol–water partition coefficient (Wildman–Crippen LogP) is 4.11. The Balaban J connectivity index is 0.00000288. The van der Waals surface area contributed by atoms with Gasteiger partial charge in [0, 0.05) is 24.0 Å². The molecule has 2 rings (SSSR count). The molecular weight excluding hydrogens is 439 g/mol. The van der Waals surface area contributed by atoms with Gasteiger partial charge in [0.25, 0.3) is 0 Å². The zero-order valence-corrected chi connectivity index (χ0v) is 17.5. The van der Waals surface area contributed by atoms with E-state index < -0.39 is 0 Å². The van der Waals surface area contributed by atoms with Gasteiger partial charge in [-0.1, -0.05) is 44.5 Å². The summed E-state index contributed by atoms with van der Waals surface area (Å²) in [4.78, 5) is 8.48. The van der Waals surface area contributed by atoms with Crippen molar-refractivity contribution < 1.29 is 4.42 Å². The molecule has 0 aliphatic rings. The molecule has 1 aromatic carbocycles. The molecule has 0 aliphatic heterocycles. The number of guanidine groups is 1. The van der Waals surface area contributed by atoms with Gasteiger partial charge in [-0.3, -0.25) is 4.99 Å². The zero-order chi connectivity index (χ0) is 16.9. The molecule has 0 atom stereocenters. The van der Waals surface area contributed by atoms with Crippen LogP contribution in [-0.4, -0.2) is 18.0 Å². The van der Waals surface area contributed by atoms with E-state index in [1.165, 1.54) is 0 Å². The number of benzene rings is 1. The van der Waals surface area contributed by atoms with Crippen LogP contribution >= 0.6 is 35.6 Å². The normalized spacial score (nSPS) is 11.8. The zero-order valence-electron chi connectivity index (χ0n) is 14.4. The van der Waals surface area contributed by atoms with Gasteiger partial charge in [0.2, 0.25) is 5.89 Å². The first-order valence-electron chi connectivity index (χ1n) is 7.52. The Kier molecular flexibility index (Phi) is 8.02. The lowest BCUT2D eigenvalue weighted by Gasteiger charge is -2.13. The molecule has 0 amide bonds. The van der Waals surface area contributed by atoms with E-state index in [1.54, 1.807) is 13.2 Å². The summed E-state index contributed by atoms with van der Waals surface area (Å²) < 4.78 is 5.75. The largest absolute Gasteiger partial charge is 0.443 e. The van der Waals surface area contributed by atoms with Gasteiger partial charge in [-0.25, -0.2) is 4.98 Å². The van der Waals surface area contributed by atoms with Crippen molar-refractivity contribution in [3.05, 3.63) is 52.7 Å². The number of nitrogens with zero attached hydrogens (tertiary/aromatic N) is 2. The topological polar surface area (TPSA) is 62.5 Å². The fourth-order valence-electron chi connectivity index (χ4n) is 1.91. The van der Waals surface area contributed by atoms with Crippen LogP contribution in [0.25, 0.3) is 0 Å². The molecule has 1 heterocycles. The Hall–Kier alpha value is -1.28. The molecule has 0 radical (unpaired) electrons. The molecule has 0 spiro atoms. The van der Waals surface area contributed by atoms with Crippen molar-refractivity contribution in [2.45, 2.75) is 39.3 Å². The minimum absolute atomic E-state index is 0. The van der Waals surface area contributed by atoms with Crippen LogP contribution in [0, 0.1) is 0 Å². The van der Waals surface area contributed by atoms with Crippen molar-refractivity contribution in [3.8, 4) is 0 Å². The minimum Gasteiger partial charge on any atom is -0.443 e. The summed E-state index contributed by atoms with van der Waals surface area (Å²) in [6.07, 6.45) is 1.78. The second kappa shape index (κ2) is 9.27. The number of nitrogens with one attached hydrogen (secondary N) is 2. The molecule has 132 valence electrons. The number of hydrogen-bond acceptors (Lipinski definition) is 3. The summed E-state index contributed by atoms with van der Waals surface area (Å²) in [5, 5.41) is 7.16. The van der Waals surface area contributed by atoms with Crippen molar-refractivity contribution in [3.63, 3.8) is 0 Å². The molecule has 0 aliphatic carbocycles. The maximum Gasteiger partial charge on any atom is 0.213 e. The number of aliphatic imine (C=N–C) groups is 1. The van der Waals surface area contributed by atoms with Gasteiger partial charge in [0.15, 0.2) is 5.96 Å². The van der Waals surface area contributed by atoms with Crippen molar-refractivity contribution in [1.29, 1.82) is 0 Å². The highest BCUT2D eigenvalue weighted by atomic mass is 127. The average molecular weight is 463 g/mol. The van der Waals surface area contributed by atoms with E-state index >= 15 is 0 Å². The third-order valence-electron chi connectivity index (χ3n) is 3.30. The van der Waals surface area contributed by atoms with Gasteiger partial charge in [0.1, 0.15) is 5.76 Å². The average Bonchev–Trinajstić information content (AvgIpc) is 2.98. The number of aromatic nitrogens is 1. The lowest BCUT2D eigenvalue weighted by molar-refractivity contribution is 0.379. The number of rotatable bonds is 4. The van der Waals surface area contributed by atoms with Gasteiger partial charge in [-0.05, 0) is 17.7 Å². The lowest BCUT2D eigenvalue weighted by atomic mass is 9.94. The van der Waals surface area contributed by atoms with Crippen LogP contribution in [0.4, 0.5) is 0 Å². The molecule has 2 aromatic rings. The molecule has 0 saturated heterocycles. The van der Waals surface area contributed by atoms with Crippen LogP contribution < -0.4 is 10.6 Å². The van der Waals surface area contributed by atoms with Crippen LogP contribution in [0.3, 0.4) is 0 Å². The Bertz CT molecular complexity index is 662. The van der Waals surface area contributed by atoms with Crippen LogP contribution in [0.15, 0.2) is 39.9 Å². The van der Waals surface area contributed by atoms with E-state index in [2.05, 4.69) is 41.4 Å². The number of hydrogen-bond donors (Lipinski definition) is 2. The first-order valence-corrected chi connectivity index (χ1v) is 7.90. The lowest BCUT2D eigenvalue weighted by Crippen LogP contribution is -2.36. The standard InChI is InChI=1S/C17H23ClN4O.HI/c1-17(2,3)14-10-20-15(23-14)11-22-16(19-4)21-9-12-5-7-13(18)8-6-12;/h5-8,10H,9,11H2,1-4H3,(H2,19,21,22);1H. The van der Waals surface area contributed by atoms with Gasteiger partial charge in [-0.15, -0.1) is 24.0 Å². The van der Waals surface area contributed by atoms with Crippen molar-refractivity contribution in [2.24, 2.45) is 4.99 Å². The van der Waals surface area contributed by atoms with E-state index in [1.807, 2.05) is 24.3 Å². The molecule has 1 aromatic heterocycles. The van der Waals surface area contributed by atoms with Crippen LogP contribution in [0.1, 0.15) is 38.0 Å². The van der Waals surface area contributed by atoms with Gasteiger partial charge >= 0.3 is 0 Å². The monoisotopic (exact) mass is 462 g/mol. The van der Waals surface area contributed by atoms with E-state index in [-0.39, 0.29) is 29.4 Å². The Morgan fingerprint density at radius 3 is 2.33 bits per heavy atom. The Labute approximate surface area is 165 Å². The summed E-state index contributed by atoms with van der Waals surface area (Å²) in [6.45, 7) is 7.43. The van der Waals surface area contributed by atoms with Gasteiger partial charge in [0.05, 0.1) is 12.7 Å². The minimum atomic E-state index is -0.0419. The van der Waals surface area contributed by atoms with Crippen molar-refractivity contribution in [1.82, 2.24) is 15.6 Å². The van der Waals surface area contributed by atoms with Crippen molar-refractivity contribution >= 4 is 41.5 Å². The maximum atomic E-state index is 5.88. The third kappa shape index (κ3) is 6.32. The van der Waals surface area contributed by atoms with E-state index in [0.29, 0.717) is 24.9 Å². The molecule has 5 nitrogen and oxygen atoms in total. The van der Waals surface area contributed by atoms with Crippen LogP contribution in [0.2, 0.25) is 5.02 Å². The third-order valence-corrected chi connectivity index (χ3v) is 3.55. The molecule has 24 heavy (non-hydrogen) atoms. The van der Waals surface area contributed by atoms with Crippen molar-refractivity contribution in [2.75, 3.05) is 7.05 Å².